The molecule has 2 aliphatic rings. The van der Waals surface area contributed by atoms with Gasteiger partial charge in [0.2, 0.25) is 0 Å². The molecule has 17 heavy (non-hydrogen) atoms. The van der Waals surface area contributed by atoms with E-state index in [1.807, 2.05) is 0 Å². The molecule has 1 aliphatic heterocycles. The Labute approximate surface area is 110 Å². The number of aliphatic imine (C=N–C) groups is 2. The summed E-state index contributed by atoms with van der Waals surface area (Å²) in [6.07, 6.45) is 4.80. The minimum atomic E-state index is -0.358. The highest BCUT2D eigenvalue weighted by Crippen LogP contribution is 2.45. The highest BCUT2D eigenvalue weighted by Gasteiger charge is 2.44. The number of nitriles is 1. The summed E-state index contributed by atoms with van der Waals surface area (Å²) in [5.41, 5.74) is -0.358. The lowest BCUT2D eigenvalue weighted by Gasteiger charge is -2.09. The van der Waals surface area contributed by atoms with Crippen molar-refractivity contribution in [3.8, 4) is 6.07 Å². The lowest BCUT2D eigenvalue weighted by molar-refractivity contribution is 0.252. The Bertz CT molecular complexity index is 444. The summed E-state index contributed by atoms with van der Waals surface area (Å²) in [5, 5.41) is 9.70. The number of halogens is 2. The molecule has 2 rings (SSSR count). The van der Waals surface area contributed by atoms with Crippen molar-refractivity contribution in [2.75, 3.05) is 6.61 Å². The smallest absolute Gasteiger partial charge is 0.318 e. The average Bonchev–Trinajstić information content (AvgIpc) is 3.04. The lowest BCUT2D eigenvalue weighted by Crippen LogP contribution is -2.13. The van der Waals surface area contributed by atoms with Crippen LogP contribution in [0.4, 0.5) is 0 Å². The fraction of sp³-hybridized carbons (Fsp3) is 0.545. The maximum atomic E-state index is 8.92. The molecule has 0 N–H and O–H groups in total. The lowest BCUT2D eigenvalue weighted by atomic mass is 10.2. The largest absolute Gasteiger partial charge is 0.462 e. The standard InChI is InChI=1S/C11H11Cl2N3O/c12-8-2-1-3-9(13)16-10(15-8)17-7-11(6-14)4-5-11/h2H,1,3-5,7H2/b8-2-,15-10+,16-9+. The third-order valence-electron chi connectivity index (χ3n) is 2.65. The summed E-state index contributed by atoms with van der Waals surface area (Å²) >= 11 is 11.7. The van der Waals surface area contributed by atoms with Crippen molar-refractivity contribution in [3.63, 3.8) is 0 Å². The van der Waals surface area contributed by atoms with E-state index in [-0.39, 0.29) is 11.4 Å². The number of amidine groups is 1. The maximum Gasteiger partial charge on any atom is 0.318 e. The number of rotatable bonds is 2. The third-order valence-corrected chi connectivity index (χ3v) is 3.16. The molecule has 1 aliphatic carbocycles. The number of nitrogens with zero attached hydrogens (tertiary/aromatic N) is 3. The molecule has 6 heteroatoms. The zero-order valence-electron chi connectivity index (χ0n) is 9.12. The first-order valence-corrected chi connectivity index (χ1v) is 6.11. The summed E-state index contributed by atoms with van der Waals surface area (Å²) in [6.45, 7) is 0.292. The molecule has 0 unspecified atom stereocenters. The predicted octanol–water partition coefficient (Wildman–Crippen LogP) is 3.17. The van der Waals surface area contributed by atoms with Crippen LogP contribution in [-0.2, 0) is 4.74 Å². The monoisotopic (exact) mass is 271 g/mol. The van der Waals surface area contributed by atoms with Crippen LogP contribution in [0, 0.1) is 16.7 Å². The summed E-state index contributed by atoms with van der Waals surface area (Å²) < 4.78 is 5.41. The van der Waals surface area contributed by atoms with Crippen LogP contribution in [0.15, 0.2) is 21.2 Å². The van der Waals surface area contributed by atoms with Crippen molar-refractivity contribution in [3.05, 3.63) is 11.2 Å². The molecule has 0 bridgehead atoms. The Morgan fingerprint density at radius 3 is 2.82 bits per heavy atom. The van der Waals surface area contributed by atoms with Crippen molar-refractivity contribution < 1.29 is 4.74 Å². The van der Waals surface area contributed by atoms with Gasteiger partial charge in [-0.1, -0.05) is 23.2 Å². The molecule has 0 spiro atoms. The minimum Gasteiger partial charge on any atom is -0.462 e. The number of hydrogen-bond acceptors (Lipinski definition) is 4. The SMILES string of the molecule is N#CC1(COC2=N/C(Cl)=C\CC/C(Cl)=N\2)CC1. The van der Waals surface area contributed by atoms with Gasteiger partial charge in [-0.05, 0) is 25.3 Å². The molecule has 0 atom stereocenters. The normalized spacial score (nSPS) is 31.5. The molecule has 1 fully saturated rings. The van der Waals surface area contributed by atoms with Gasteiger partial charge in [-0.15, -0.1) is 0 Å². The van der Waals surface area contributed by atoms with E-state index in [1.54, 1.807) is 6.08 Å². The van der Waals surface area contributed by atoms with E-state index in [0.717, 1.165) is 12.8 Å². The van der Waals surface area contributed by atoms with E-state index < -0.39 is 0 Å². The predicted molar refractivity (Wildman–Crippen MR) is 67.1 cm³/mol. The van der Waals surface area contributed by atoms with Crippen LogP contribution in [0.5, 0.6) is 0 Å². The number of ether oxygens (including phenoxy) is 1. The van der Waals surface area contributed by atoms with E-state index in [2.05, 4.69) is 16.1 Å². The van der Waals surface area contributed by atoms with E-state index in [0.29, 0.717) is 29.8 Å². The van der Waals surface area contributed by atoms with Crippen molar-refractivity contribution >= 4 is 34.4 Å². The van der Waals surface area contributed by atoms with Gasteiger partial charge in [0.15, 0.2) is 0 Å². The highest BCUT2D eigenvalue weighted by atomic mass is 35.5. The number of hydrogen-bond donors (Lipinski definition) is 0. The summed E-state index contributed by atoms with van der Waals surface area (Å²) in [7, 11) is 0. The van der Waals surface area contributed by atoms with Crippen LogP contribution in [0.2, 0.25) is 0 Å². The third kappa shape index (κ3) is 3.45. The Kier molecular flexibility index (Phi) is 3.70. The van der Waals surface area contributed by atoms with Crippen LogP contribution >= 0.6 is 23.2 Å². The van der Waals surface area contributed by atoms with Crippen LogP contribution in [-0.4, -0.2) is 17.8 Å². The fourth-order valence-electron chi connectivity index (χ4n) is 1.34. The van der Waals surface area contributed by atoms with Crippen molar-refractivity contribution in [2.24, 2.45) is 15.4 Å². The van der Waals surface area contributed by atoms with E-state index >= 15 is 0 Å². The fourth-order valence-corrected chi connectivity index (χ4v) is 1.70. The molecule has 0 aromatic carbocycles. The first-order chi connectivity index (χ1) is 8.13. The van der Waals surface area contributed by atoms with Gasteiger partial charge in [0.1, 0.15) is 16.9 Å². The quantitative estimate of drug-likeness (QED) is 0.725. The summed E-state index contributed by atoms with van der Waals surface area (Å²) in [5.74, 6) is 0. The maximum absolute atomic E-state index is 8.92. The van der Waals surface area contributed by atoms with Gasteiger partial charge in [0, 0.05) is 6.42 Å². The second kappa shape index (κ2) is 5.07. The molecule has 1 heterocycles. The number of allylic oxidation sites excluding steroid dienone is 1. The molecule has 90 valence electrons. The first-order valence-electron chi connectivity index (χ1n) is 5.35. The zero-order valence-corrected chi connectivity index (χ0v) is 10.6. The van der Waals surface area contributed by atoms with Crippen LogP contribution in [0.3, 0.4) is 0 Å². The van der Waals surface area contributed by atoms with Gasteiger partial charge in [-0.3, -0.25) is 0 Å². The Hall–Kier alpha value is -1.05. The second-order valence-corrected chi connectivity index (χ2v) is 4.95. The Morgan fingerprint density at radius 2 is 2.18 bits per heavy atom. The molecule has 1 saturated carbocycles. The van der Waals surface area contributed by atoms with E-state index in [9.17, 15) is 0 Å². The molecule has 0 radical (unpaired) electrons. The van der Waals surface area contributed by atoms with Gasteiger partial charge in [-0.25, -0.2) is 0 Å². The highest BCUT2D eigenvalue weighted by molar-refractivity contribution is 6.66. The Morgan fingerprint density at radius 1 is 1.41 bits per heavy atom. The molecule has 0 amide bonds. The molecule has 0 aromatic heterocycles. The van der Waals surface area contributed by atoms with Gasteiger partial charge in [-0.2, -0.15) is 15.2 Å². The molecular weight excluding hydrogens is 261 g/mol. The van der Waals surface area contributed by atoms with Gasteiger partial charge < -0.3 is 4.74 Å². The van der Waals surface area contributed by atoms with E-state index in [4.69, 9.17) is 33.2 Å². The Balaban J connectivity index is 2.04. The van der Waals surface area contributed by atoms with Crippen molar-refractivity contribution in [1.29, 1.82) is 5.26 Å². The molecular formula is C11H11Cl2N3O. The van der Waals surface area contributed by atoms with Crippen LogP contribution < -0.4 is 0 Å². The van der Waals surface area contributed by atoms with Crippen molar-refractivity contribution in [1.82, 2.24) is 0 Å². The molecule has 0 aromatic rings. The molecule has 0 saturated heterocycles. The van der Waals surface area contributed by atoms with Crippen LogP contribution in [0.25, 0.3) is 0 Å². The molecule has 4 nitrogen and oxygen atoms in total. The van der Waals surface area contributed by atoms with Gasteiger partial charge in [0.25, 0.3) is 0 Å². The van der Waals surface area contributed by atoms with Crippen LogP contribution in [0.1, 0.15) is 25.7 Å². The topological polar surface area (TPSA) is 57.7 Å². The van der Waals surface area contributed by atoms with E-state index in [1.165, 1.54) is 0 Å². The van der Waals surface area contributed by atoms with Crippen molar-refractivity contribution in [2.45, 2.75) is 25.7 Å². The summed E-state index contributed by atoms with van der Waals surface area (Å²) in [6, 6.07) is 2.37. The average molecular weight is 272 g/mol. The zero-order chi connectivity index (χ0) is 12.3. The summed E-state index contributed by atoms with van der Waals surface area (Å²) in [4.78, 5) is 8.02. The second-order valence-electron chi connectivity index (χ2n) is 4.13. The van der Waals surface area contributed by atoms with Gasteiger partial charge in [0.05, 0.1) is 11.5 Å². The van der Waals surface area contributed by atoms with Gasteiger partial charge >= 0.3 is 6.02 Å². The first kappa shape index (κ1) is 12.4. The minimum absolute atomic E-state index is 0.137.